The smallest absolute Gasteiger partial charge is 0.325 e. The van der Waals surface area contributed by atoms with Crippen LogP contribution in [0.3, 0.4) is 0 Å². The third kappa shape index (κ3) is 8.84. The van der Waals surface area contributed by atoms with Crippen molar-refractivity contribution in [3.8, 4) is 5.75 Å². The van der Waals surface area contributed by atoms with Gasteiger partial charge in [0.1, 0.15) is 17.3 Å². The Morgan fingerprint density at radius 3 is 2.41 bits per heavy atom. The van der Waals surface area contributed by atoms with Crippen LogP contribution in [0.15, 0.2) is 35.7 Å². The normalized spacial score (nSPS) is 9.97. The molecule has 1 aromatic carbocycles. The minimum atomic E-state index is -0.808. The summed E-state index contributed by atoms with van der Waals surface area (Å²) in [7, 11) is 0. The second kappa shape index (κ2) is 11.4. The number of benzene rings is 1. The Kier molecular flexibility index (Phi) is 8.57. The van der Waals surface area contributed by atoms with Crippen molar-refractivity contribution in [1.29, 1.82) is 0 Å². The van der Waals surface area contributed by atoms with Crippen LogP contribution in [-0.4, -0.2) is 48.4 Å². The maximum atomic E-state index is 11.7. The lowest BCUT2D eigenvalue weighted by Crippen LogP contribution is -2.44. The summed E-state index contributed by atoms with van der Waals surface area (Å²) in [6, 6.07) is 8.72. The van der Waals surface area contributed by atoms with Crippen LogP contribution in [0.4, 0.5) is 0 Å². The highest BCUT2D eigenvalue weighted by atomic mass is 32.1. The lowest BCUT2D eigenvalue weighted by Gasteiger charge is -2.09. The fourth-order valence-corrected chi connectivity index (χ4v) is 2.70. The van der Waals surface area contributed by atoms with Crippen molar-refractivity contribution in [3.63, 3.8) is 0 Å². The van der Waals surface area contributed by atoms with Gasteiger partial charge in [0.05, 0.1) is 6.42 Å². The number of nitrogens with one attached hydrogen (secondary N) is 3. The molecule has 0 fully saturated rings. The highest BCUT2D eigenvalue weighted by Gasteiger charge is 2.11. The molecule has 0 aliphatic heterocycles. The van der Waals surface area contributed by atoms with Crippen LogP contribution in [0.5, 0.6) is 5.75 Å². The van der Waals surface area contributed by atoms with Gasteiger partial charge in [0, 0.05) is 11.1 Å². The highest BCUT2D eigenvalue weighted by Crippen LogP contribution is 2.09. The molecular weight excluding hydrogens is 400 g/mol. The summed E-state index contributed by atoms with van der Waals surface area (Å²) in [5.74, 6) is -1.97. The van der Waals surface area contributed by atoms with E-state index >= 15 is 0 Å². The maximum Gasteiger partial charge on any atom is 0.325 e. The number of amides is 3. The Bertz CT molecular complexity index is 855. The number of esters is 1. The summed E-state index contributed by atoms with van der Waals surface area (Å²) in [4.78, 5) is 50.6. The number of aromatic nitrogens is 1. The van der Waals surface area contributed by atoms with E-state index in [1.807, 2.05) is 18.4 Å². The molecule has 0 aliphatic carbocycles. The summed E-state index contributed by atoms with van der Waals surface area (Å²) >= 11 is 1.34. The number of hydrazine groups is 1. The molecule has 0 saturated heterocycles. The van der Waals surface area contributed by atoms with E-state index in [1.165, 1.54) is 11.3 Å². The molecule has 0 aliphatic rings. The van der Waals surface area contributed by atoms with Crippen molar-refractivity contribution in [1.82, 2.24) is 21.2 Å². The number of carbonyl (C=O) groups excluding carboxylic acids is 4. The monoisotopic (exact) mass is 420 g/mol. The van der Waals surface area contributed by atoms with E-state index in [9.17, 15) is 19.2 Å². The zero-order valence-corrected chi connectivity index (χ0v) is 16.4. The maximum absolute atomic E-state index is 11.7. The van der Waals surface area contributed by atoms with E-state index in [0.717, 1.165) is 5.69 Å². The van der Waals surface area contributed by atoms with Gasteiger partial charge in [0.15, 0.2) is 13.2 Å². The number of aryl methyl sites for hydroxylation is 1. The van der Waals surface area contributed by atoms with Gasteiger partial charge in [-0.05, 0) is 19.1 Å². The molecule has 3 amide bonds. The van der Waals surface area contributed by atoms with E-state index in [-0.39, 0.29) is 13.0 Å². The fraction of sp³-hybridized carbons (Fsp3) is 0.278. The first-order valence-corrected chi connectivity index (χ1v) is 9.39. The van der Waals surface area contributed by atoms with Crippen molar-refractivity contribution in [3.05, 3.63) is 46.4 Å². The zero-order chi connectivity index (χ0) is 21.1. The van der Waals surface area contributed by atoms with Crippen LogP contribution in [0, 0.1) is 6.92 Å². The molecular formula is C18H20N4O6S. The van der Waals surface area contributed by atoms with Crippen LogP contribution in [-0.2, 0) is 30.3 Å². The van der Waals surface area contributed by atoms with Gasteiger partial charge < -0.3 is 14.8 Å². The Morgan fingerprint density at radius 1 is 1.00 bits per heavy atom. The Labute approximate surface area is 170 Å². The van der Waals surface area contributed by atoms with Gasteiger partial charge >= 0.3 is 5.97 Å². The Hall–Kier alpha value is -3.47. The lowest BCUT2D eigenvalue weighted by molar-refractivity contribution is -0.149. The highest BCUT2D eigenvalue weighted by molar-refractivity contribution is 7.09. The lowest BCUT2D eigenvalue weighted by atomic mass is 10.3. The molecule has 0 spiro atoms. The third-order valence-corrected chi connectivity index (χ3v) is 4.19. The van der Waals surface area contributed by atoms with Crippen LogP contribution in [0.1, 0.15) is 10.7 Å². The molecule has 10 nitrogen and oxygen atoms in total. The Balaban J connectivity index is 1.55. The molecule has 1 aromatic heterocycles. The molecule has 0 radical (unpaired) electrons. The van der Waals surface area contributed by atoms with E-state index in [2.05, 4.69) is 21.2 Å². The molecule has 154 valence electrons. The summed E-state index contributed by atoms with van der Waals surface area (Å²) < 4.78 is 9.93. The van der Waals surface area contributed by atoms with Crippen molar-refractivity contribution in [2.45, 2.75) is 13.3 Å². The van der Waals surface area contributed by atoms with Crippen molar-refractivity contribution in [2.24, 2.45) is 0 Å². The van der Waals surface area contributed by atoms with Crippen molar-refractivity contribution < 1.29 is 28.7 Å². The van der Waals surface area contributed by atoms with Gasteiger partial charge in [0.2, 0.25) is 5.91 Å². The molecule has 29 heavy (non-hydrogen) atoms. The van der Waals surface area contributed by atoms with Crippen molar-refractivity contribution in [2.75, 3.05) is 19.8 Å². The van der Waals surface area contributed by atoms with Crippen LogP contribution < -0.4 is 20.9 Å². The average Bonchev–Trinajstić information content (AvgIpc) is 3.12. The number of ether oxygens (including phenoxy) is 2. The molecule has 2 aromatic rings. The third-order valence-electron chi connectivity index (χ3n) is 3.23. The first-order valence-electron chi connectivity index (χ1n) is 8.51. The number of nitrogens with zero attached hydrogens (tertiary/aromatic N) is 1. The molecule has 11 heteroatoms. The minimum Gasteiger partial charge on any atom is -0.484 e. The molecule has 0 saturated carbocycles. The quantitative estimate of drug-likeness (QED) is 0.380. The van der Waals surface area contributed by atoms with E-state index < -0.39 is 36.8 Å². The largest absolute Gasteiger partial charge is 0.484 e. The summed E-state index contributed by atoms with van der Waals surface area (Å²) in [6.45, 7) is 0.529. The van der Waals surface area contributed by atoms with Gasteiger partial charge in [-0.15, -0.1) is 11.3 Å². The van der Waals surface area contributed by atoms with Gasteiger partial charge in [-0.25, -0.2) is 4.98 Å². The molecule has 3 N–H and O–H groups in total. The number of para-hydroxylation sites is 1. The fourth-order valence-electron chi connectivity index (χ4n) is 1.93. The molecule has 0 unspecified atom stereocenters. The summed E-state index contributed by atoms with van der Waals surface area (Å²) in [5.41, 5.74) is 5.13. The second-order valence-electron chi connectivity index (χ2n) is 5.69. The number of rotatable bonds is 9. The molecule has 0 atom stereocenters. The minimum absolute atomic E-state index is 0.0235. The SMILES string of the molecule is Cc1csc(CC(=O)NNC(=O)COC(=O)CNC(=O)COc2ccccc2)n1. The number of hydrogen-bond acceptors (Lipinski definition) is 8. The number of hydrogen-bond donors (Lipinski definition) is 3. The first kappa shape index (κ1) is 21.8. The van der Waals surface area contributed by atoms with Gasteiger partial charge in [-0.2, -0.15) is 0 Å². The Morgan fingerprint density at radius 2 is 1.72 bits per heavy atom. The summed E-state index contributed by atoms with van der Waals surface area (Å²) in [6.07, 6.45) is 0.0235. The van der Waals surface area contributed by atoms with E-state index in [1.54, 1.807) is 24.3 Å². The predicted molar refractivity (Wildman–Crippen MR) is 103 cm³/mol. The van der Waals surface area contributed by atoms with E-state index in [4.69, 9.17) is 9.47 Å². The second-order valence-corrected chi connectivity index (χ2v) is 6.64. The first-order chi connectivity index (χ1) is 13.9. The topological polar surface area (TPSA) is 136 Å². The van der Waals surface area contributed by atoms with Crippen LogP contribution in [0.2, 0.25) is 0 Å². The summed E-state index contributed by atoms with van der Waals surface area (Å²) in [5, 5.41) is 4.74. The van der Waals surface area contributed by atoms with E-state index in [0.29, 0.717) is 10.8 Å². The molecule has 2 rings (SSSR count). The van der Waals surface area contributed by atoms with Crippen LogP contribution >= 0.6 is 11.3 Å². The number of carbonyl (C=O) groups is 4. The molecule has 1 heterocycles. The van der Waals surface area contributed by atoms with Gasteiger partial charge in [-0.3, -0.25) is 30.0 Å². The van der Waals surface area contributed by atoms with Crippen molar-refractivity contribution >= 4 is 35.0 Å². The number of thiazole rings is 1. The zero-order valence-electron chi connectivity index (χ0n) is 15.6. The average molecular weight is 420 g/mol. The van der Waals surface area contributed by atoms with Gasteiger partial charge in [0.25, 0.3) is 11.8 Å². The molecule has 0 bridgehead atoms. The predicted octanol–water partition coefficient (Wildman–Crippen LogP) is -0.120. The standard InChI is InChI=1S/C18H20N4O6S/c1-12-11-29-17(20-12)7-14(23)21-22-16(25)10-28-18(26)8-19-15(24)9-27-13-5-3-2-4-6-13/h2-6,11H,7-10H2,1H3,(H,19,24)(H,21,23)(H,22,25). The van der Waals surface area contributed by atoms with Crippen LogP contribution in [0.25, 0.3) is 0 Å². The van der Waals surface area contributed by atoms with Gasteiger partial charge in [-0.1, -0.05) is 18.2 Å².